The van der Waals surface area contributed by atoms with E-state index in [2.05, 4.69) is 34.5 Å². The van der Waals surface area contributed by atoms with Crippen LogP contribution in [0.4, 0.5) is 0 Å². The Labute approximate surface area is 82.2 Å². The highest BCUT2D eigenvalue weighted by Gasteiger charge is 1.88. The van der Waals surface area contributed by atoms with Gasteiger partial charge in [0.05, 0.1) is 3.70 Å². The molecule has 3 heteroatoms. The lowest BCUT2D eigenvalue weighted by Crippen LogP contribution is -2.09. The predicted octanol–water partition coefficient (Wildman–Crippen LogP) is 2.03. The van der Waals surface area contributed by atoms with Crippen molar-refractivity contribution in [3.63, 3.8) is 0 Å². The molecule has 0 saturated heterocycles. The normalized spacial score (nSPS) is 9.64. The van der Waals surface area contributed by atoms with E-state index in [0.29, 0.717) is 6.61 Å². The molecule has 0 unspecified atom stereocenters. The van der Waals surface area contributed by atoms with E-state index in [9.17, 15) is 0 Å². The monoisotopic (exact) mass is 269 g/mol. The Balaban J connectivity index is 2.85. The van der Waals surface area contributed by atoms with Gasteiger partial charge in [-0.15, -0.1) is 0 Å². The molecule has 0 rings (SSSR count). The molecule has 0 heterocycles. The lowest BCUT2D eigenvalue weighted by Gasteiger charge is -2.02. The van der Waals surface area contributed by atoms with Crippen molar-refractivity contribution in [1.29, 1.82) is 0 Å². The van der Waals surface area contributed by atoms with Gasteiger partial charge < -0.3 is 10.4 Å². The van der Waals surface area contributed by atoms with Gasteiger partial charge in [0.1, 0.15) is 0 Å². The quantitative estimate of drug-likeness (QED) is 0.421. The van der Waals surface area contributed by atoms with Crippen LogP contribution in [0.5, 0.6) is 0 Å². The maximum atomic E-state index is 8.48. The van der Waals surface area contributed by atoms with Crippen molar-refractivity contribution in [3.8, 4) is 0 Å². The van der Waals surface area contributed by atoms with Crippen LogP contribution in [0.1, 0.15) is 25.7 Å². The molecule has 0 saturated carbocycles. The Hall–Kier alpha value is 0.230. The fraction of sp³-hybridized carbons (Fsp3) is 0.750. The summed E-state index contributed by atoms with van der Waals surface area (Å²) in [5.74, 6) is 0. The standard InChI is InChI=1S/C8H16INO/c1-8(9)10-6-4-2-3-5-7-11/h10-11H,1-7H2. The summed E-state index contributed by atoms with van der Waals surface area (Å²) in [6.07, 6.45) is 4.43. The zero-order valence-electron chi connectivity index (χ0n) is 6.77. The Morgan fingerprint density at radius 3 is 2.45 bits per heavy atom. The number of unbranched alkanes of at least 4 members (excludes halogenated alkanes) is 3. The number of aliphatic hydroxyl groups is 1. The van der Waals surface area contributed by atoms with Crippen molar-refractivity contribution in [2.45, 2.75) is 25.7 Å². The molecule has 2 N–H and O–H groups in total. The van der Waals surface area contributed by atoms with E-state index in [-0.39, 0.29) is 0 Å². The summed E-state index contributed by atoms with van der Waals surface area (Å²) in [4.78, 5) is 0. The van der Waals surface area contributed by atoms with Gasteiger partial charge in [0.2, 0.25) is 0 Å². The van der Waals surface area contributed by atoms with Crippen LogP contribution in [0, 0.1) is 0 Å². The average Bonchev–Trinajstić information content (AvgIpc) is 1.96. The van der Waals surface area contributed by atoms with Gasteiger partial charge in [-0.2, -0.15) is 0 Å². The molecule has 0 radical (unpaired) electrons. The van der Waals surface area contributed by atoms with Crippen LogP contribution in [-0.4, -0.2) is 18.3 Å². The fourth-order valence-electron chi connectivity index (χ4n) is 0.814. The second kappa shape index (κ2) is 8.33. The summed E-state index contributed by atoms with van der Waals surface area (Å²) < 4.78 is 1.00. The van der Waals surface area contributed by atoms with Crippen LogP contribution in [0.25, 0.3) is 0 Å². The zero-order chi connectivity index (χ0) is 8.53. The van der Waals surface area contributed by atoms with Gasteiger partial charge in [0.15, 0.2) is 0 Å². The number of nitrogens with one attached hydrogen (secondary N) is 1. The van der Waals surface area contributed by atoms with Gasteiger partial charge in [-0.05, 0) is 35.4 Å². The van der Waals surface area contributed by atoms with E-state index in [0.717, 1.165) is 23.1 Å². The van der Waals surface area contributed by atoms with E-state index in [1.807, 2.05) is 0 Å². The van der Waals surface area contributed by atoms with Crippen LogP contribution in [0.3, 0.4) is 0 Å². The summed E-state index contributed by atoms with van der Waals surface area (Å²) in [5.41, 5.74) is 0. The van der Waals surface area contributed by atoms with Crippen LogP contribution >= 0.6 is 22.6 Å². The molecule has 11 heavy (non-hydrogen) atoms. The largest absolute Gasteiger partial charge is 0.396 e. The van der Waals surface area contributed by atoms with Crippen molar-refractivity contribution in [2.75, 3.05) is 13.2 Å². The first-order valence-corrected chi connectivity index (χ1v) is 5.04. The minimum absolute atomic E-state index is 0.326. The van der Waals surface area contributed by atoms with Crippen LogP contribution in [0.15, 0.2) is 10.3 Å². The van der Waals surface area contributed by atoms with Crippen LogP contribution in [-0.2, 0) is 0 Å². The topological polar surface area (TPSA) is 32.3 Å². The number of halogens is 1. The summed E-state index contributed by atoms with van der Waals surface area (Å²) in [6.45, 7) is 5.06. The lowest BCUT2D eigenvalue weighted by atomic mass is 10.2. The number of hydrogen-bond donors (Lipinski definition) is 2. The van der Waals surface area contributed by atoms with E-state index >= 15 is 0 Å². The maximum Gasteiger partial charge on any atom is 0.0658 e. The van der Waals surface area contributed by atoms with Gasteiger partial charge in [-0.25, -0.2) is 0 Å². The SMILES string of the molecule is C=C(I)NCCCCCCO. The minimum atomic E-state index is 0.326. The number of hydrogen-bond acceptors (Lipinski definition) is 2. The summed E-state index contributed by atoms with van der Waals surface area (Å²) in [6, 6.07) is 0. The third-order valence-corrected chi connectivity index (χ3v) is 1.78. The highest BCUT2D eigenvalue weighted by atomic mass is 127. The molecule has 0 aromatic carbocycles. The third kappa shape index (κ3) is 10.2. The molecule has 0 aliphatic heterocycles. The molecular weight excluding hydrogens is 253 g/mol. The highest BCUT2D eigenvalue weighted by Crippen LogP contribution is 2.00. The Morgan fingerprint density at radius 2 is 1.91 bits per heavy atom. The van der Waals surface area contributed by atoms with Crippen molar-refractivity contribution in [2.24, 2.45) is 0 Å². The smallest absolute Gasteiger partial charge is 0.0658 e. The van der Waals surface area contributed by atoms with Crippen LogP contribution < -0.4 is 5.32 Å². The summed E-state index contributed by atoms with van der Waals surface area (Å²) in [7, 11) is 0. The van der Waals surface area contributed by atoms with Gasteiger partial charge in [-0.3, -0.25) is 0 Å². The molecule has 0 aromatic rings. The van der Waals surface area contributed by atoms with Crippen LogP contribution in [0.2, 0.25) is 0 Å². The van der Waals surface area contributed by atoms with Gasteiger partial charge in [0, 0.05) is 13.2 Å². The third-order valence-electron chi connectivity index (χ3n) is 1.40. The molecule has 0 amide bonds. The predicted molar refractivity (Wildman–Crippen MR) is 56.7 cm³/mol. The van der Waals surface area contributed by atoms with Gasteiger partial charge in [0.25, 0.3) is 0 Å². The zero-order valence-corrected chi connectivity index (χ0v) is 8.93. The minimum Gasteiger partial charge on any atom is -0.396 e. The Bertz CT molecular complexity index is 106. The molecule has 0 aliphatic rings. The van der Waals surface area contributed by atoms with Crippen molar-refractivity contribution >= 4 is 22.6 Å². The van der Waals surface area contributed by atoms with Gasteiger partial charge >= 0.3 is 0 Å². The lowest BCUT2D eigenvalue weighted by molar-refractivity contribution is 0.282. The van der Waals surface area contributed by atoms with Gasteiger partial charge in [-0.1, -0.05) is 19.4 Å². The van der Waals surface area contributed by atoms with E-state index in [1.54, 1.807) is 0 Å². The molecule has 0 spiro atoms. The van der Waals surface area contributed by atoms with Crippen molar-refractivity contribution < 1.29 is 5.11 Å². The highest BCUT2D eigenvalue weighted by molar-refractivity contribution is 14.1. The van der Waals surface area contributed by atoms with Crippen molar-refractivity contribution in [3.05, 3.63) is 10.3 Å². The molecule has 0 aromatic heterocycles. The molecule has 66 valence electrons. The maximum absolute atomic E-state index is 8.48. The average molecular weight is 269 g/mol. The van der Waals surface area contributed by atoms with E-state index in [1.165, 1.54) is 12.8 Å². The fourth-order valence-corrected chi connectivity index (χ4v) is 1.08. The summed E-state index contributed by atoms with van der Waals surface area (Å²) >= 11 is 2.17. The molecule has 0 bridgehead atoms. The molecule has 0 fully saturated rings. The molecule has 0 aliphatic carbocycles. The molecule has 0 atom stereocenters. The first kappa shape index (κ1) is 11.2. The van der Waals surface area contributed by atoms with E-state index < -0.39 is 0 Å². The van der Waals surface area contributed by atoms with E-state index in [4.69, 9.17) is 5.11 Å². The molecular formula is C8H16INO. The Morgan fingerprint density at radius 1 is 1.27 bits per heavy atom. The molecule has 2 nitrogen and oxygen atoms in total. The summed E-state index contributed by atoms with van der Waals surface area (Å²) in [5, 5.41) is 11.6. The Kier molecular flexibility index (Phi) is 8.50. The van der Waals surface area contributed by atoms with Crippen molar-refractivity contribution in [1.82, 2.24) is 5.32 Å². The second-order valence-electron chi connectivity index (χ2n) is 2.47. The number of rotatable bonds is 7. The second-order valence-corrected chi connectivity index (χ2v) is 3.77. The first-order chi connectivity index (χ1) is 5.27. The number of aliphatic hydroxyl groups excluding tert-OH is 1. The first-order valence-electron chi connectivity index (χ1n) is 3.96.